The van der Waals surface area contributed by atoms with Gasteiger partial charge >= 0.3 is 5.97 Å². The van der Waals surface area contributed by atoms with Crippen molar-refractivity contribution in [3.8, 4) is 0 Å². The molecule has 1 aromatic rings. The monoisotopic (exact) mass is 258 g/mol. The van der Waals surface area contributed by atoms with Gasteiger partial charge < -0.3 is 10.0 Å². The fourth-order valence-corrected chi connectivity index (χ4v) is 2.25. The van der Waals surface area contributed by atoms with Crippen LogP contribution in [0.4, 0.5) is 5.82 Å². The molecule has 1 heterocycles. The summed E-state index contributed by atoms with van der Waals surface area (Å²) < 4.78 is 23.1. The first-order chi connectivity index (χ1) is 7.86. The summed E-state index contributed by atoms with van der Waals surface area (Å²) in [6.45, 7) is 1.82. The topological polar surface area (TPSA) is 87.6 Å². The summed E-state index contributed by atoms with van der Waals surface area (Å²) in [4.78, 5) is 16.1. The number of carboxylic acids is 1. The van der Waals surface area contributed by atoms with Gasteiger partial charge in [0.25, 0.3) is 0 Å². The summed E-state index contributed by atoms with van der Waals surface area (Å²) in [6.07, 6.45) is 2.51. The van der Waals surface area contributed by atoms with Gasteiger partial charge in [-0.1, -0.05) is 0 Å². The van der Waals surface area contributed by atoms with Crippen LogP contribution in [-0.2, 0) is 14.6 Å². The number of nitrogens with zero attached hydrogens (tertiary/aromatic N) is 2. The molecule has 0 saturated heterocycles. The molecular weight excluding hydrogens is 244 g/mol. The zero-order chi connectivity index (χ0) is 13.1. The zero-order valence-electron chi connectivity index (χ0n) is 9.62. The second kappa shape index (κ2) is 5.13. The van der Waals surface area contributed by atoms with E-state index in [0.717, 1.165) is 6.26 Å². The molecule has 0 aliphatic heterocycles. The predicted octanol–water partition coefficient (Wildman–Crippen LogP) is 0.396. The Kier molecular flexibility index (Phi) is 4.06. The maximum Gasteiger partial charge on any atom is 0.323 e. The molecule has 0 fully saturated rings. The average Bonchev–Trinajstić information content (AvgIpc) is 2.24. The number of likely N-dealkylation sites (N-methyl/N-ethyl adjacent to an activating group) is 1. The Bertz CT molecular complexity index is 513. The lowest BCUT2D eigenvalue weighted by Gasteiger charge is -2.21. The molecule has 0 aromatic carbocycles. The molecule has 0 bridgehead atoms. The van der Waals surface area contributed by atoms with Gasteiger partial charge in [0.15, 0.2) is 9.84 Å². The van der Waals surface area contributed by atoms with Gasteiger partial charge in [0.1, 0.15) is 17.3 Å². The third-order valence-corrected chi connectivity index (χ3v) is 3.28. The summed E-state index contributed by atoms with van der Waals surface area (Å²) >= 11 is 0. The Morgan fingerprint density at radius 2 is 2.18 bits per heavy atom. The number of pyridine rings is 1. The normalized spacial score (nSPS) is 11.2. The largest absolute Gasteiger partial charge is 0.480 e. The third-order valence-electron chi connectivity index (χ3n) is 2.16. The quantitative estimate of drug-likeness (QED) is 0.822. The van der Waals surface area contributed by atoms with Gasteiger partial charge in [-0.3, -0.25) is 4.79 Å². The summed E-state index contributed by atoms with van der Waals surface area (Å²) in [5.41, 5.74) is 0. The number of hydrogen-bond acceptors (Lipinski definition) is 5. The molecule has 0 unspecified atom stereocenters. The molecule has 1 rings (SSSR count). The molecule has 0 aliphatic rings. The van der Waals surface area contributed by atoms with E-state index in [1.54, 1.807) is 6.92 Å². The van der Waals surface area contributed by atoms with Gasteiger partial charge in [-0.2, -0.15) is 0 Å². The van der Waals surface area contributed by atoms with Crippen molar-refractivity contribution in [2.75, 3.05) is 24.2 Å². The van der Waals surface area contributed by atoms with Crippen LogP contribution in [0.5, 0.6) is 0 Å². The van der Waals surface area contributed by atoms with Crippen molar-refractivity contribution in [3.63, 3.8) is 0 Å². The molecule has 0 saturated carbocycles. The number of hydrogen-bond donors (Lipinski definition) is 1. The lowest BCUT2D eigenvalue weighted by atomic mass is 10.4. The van der Waals surface area contributed by atoms with Crippen molar-refractivity contribution < 1.29 is 18.3 Å². The number of sulfone groups is 1. The smallest absolute Gasteiger partial charge is 0.323 e. The Morgan fingerprint density at radius 1 is 1.53 bits per heavy atom. The minimum absolute atomic E-state index is 0.0445. The maximum atomic E-state index is 11.5. The SMILES string of the molecule is CCN(CC(=O)O)c1ncccc1S(C)(=O)=O. The molecule has 0 atom stereocenters. The molecule has 0 aliphatic carbocycles. The lowest BCUT2D eigenvalue weighted by Crippen LogP contribution is -2.31. The number of aromatic nitrogens is 1. The van der Waals surface area contributed by atoms with E-state index in [2.05, 4.69) is 4.98 Å². The maximum absolute atomic E-state index is 11.5. The zero-order valence-corrected chi connectivity index (χ0v) is 10.4. The summed E-state index contributed by atoms with van der Waals surface area (Å²) in [7, 11) is -3.42. The van der Waals surface area contributed by atoms with Crippen LogP contribution >= 0.6 is 0 Å². The summed E-state index contributed by atoms with van der Waals surface area (Å²) in [5.74, 6) is -0.850. The highest BCUT2D eigenvalue weighted by Crippen LogP contribution is 2.21. The average molecular weight is 258 g/mol. The van der Waals surface area contributed by atoms with Crippen molar-refractivity contribution in [2.45, 2.75) is 11.8 Å². The Labute approximate surface area is 99.8 Å². The Morgan fingerprint density at radius 3 is 2.65 bits per heavy atom. The van der Waals surface area contributed by atoms with E-state index in [-0.39, 0.29) is 17.3 Å². The number of carbonyl (C=O) groups is 1. The molecule has 0 amide bonds. The van der Waals surface area contributed by atoms with Gasteiger partial charge in [-0.25, -0.2) is 13.4 Å². The van der Waals surface area contributed by atoms with Crippen molar-refractivity contribution in [2.24, 2.45) is 0 Å². The summed E-state index contributed by atoms with van der Waals surface area (Å²) in [6, 6.07) is 2.93. The van der Waals surface area contributed by atoms with E-state index < -0.39 is 15.8 Å². The van der Waals surface area contributed by atoms with Crippen LogP contribution in [0.3, 0.4) is 0 Å². The van der Waals surface area contributed by atoms with Crippen molar-refractivity contribution >= 4 is 21.6 Å². The van der Waals surface area contributed by atoms with Crippen LogP contribution in [0, 0.1) is 0 Å². The van der Waals surface area contributed by atoms with E-state index in [4.69, 9.17) is 5.11 Å². The highest BCUT2D eigenvalue weighted by Gasteiger charge is 2.19. The van der Waals surface area contributed by atoms with E-state index in [9.17, 15) is 13.2 Å². The van der Waals surface area contributed by atoms with Gasteiger partial charge in [-0.15, -0.1) is 0 Å². The molecule has 1 N–H and O–H groups in total. The van der Waals surface area contributed by atoms with Crippen molar-refractivity contribution in [3.05, 3.63) is 18.3 Å². The summed E-state index contributed by atoms with van der Waals surface area (Å²) in [5, 5.41) is 8.75. The van der Waals surface area contributed by atoms with Crippen LogP contribution in [0.1, 0.15) is 6.92 Å². The van der Waals surface area contributed by atoms with Crippen LogP contribution in [-0.4, -0.2) is 43.8 Å². The van der Waals surface area contributed by atoms with Crippen LogP contribution in [0.25, 0.3) is 0 Å². The first kappa shape index (κ1) is 13.4. The number of aliphatic carboxylic acids is 1. The second-order valence-electron chi connectivity index (χ2n) is 3.51. The minimum atomic E-state index is -3.42. The number of rotatable bonds is 5. The molecular formula is C10H14N2O4S. The number of carboxylic acid groups (broad SMARTS) is 1. The van der Waals surface area contributed by atoms with Crippen molar-refractivity contribution in [1.82, 2.24) is 4.98 Å². The van der Waals surface area contributed by atoms with E-state index in [0.29, 0.717) is 6.54 Å². The van der Waals surface area contributed by atoms with Crippen molar-refractivity contribution in [1.29, 1.82) is 0 Å². The highest BCUT2D eigenvalue weighted by atomic mass is 32.2. The fraction of sp³-hybridized carbons (Fsp3) is 0.400. The van der Waals surface area contributed by atoms with Gasteiger partial charge in [-0.05, 0) is 19.1 Å². The van der Waals surface area contributed by atoms with Gasteiger partial charge in [0.05, 0.1) is 0 Å². The molecule has 0 radical (unpaired) electrons. The molecule has 0 spiro atoms. The Balaban J connectivity index is 3.24. The fourth-order valence-electron chi connectivity index (χ4n) is 1.41. The molecule has 6 nitrogen and oxygen atoms in total. The minimum Gasteiger partial charge on any atom is -0.480 e. The highest BCUT2D eigenvalue weighted by molar-refractivity contribution is 7.90. The predicted molar refractivity (Wildman–Crippen MR) is 62.9 cm³/mol. The molecule has 94 valence electrons. The standard InChI is InChI=1S/C10H14N2O4S/c1-3-12(7-9(13)14)10-8(17(2,15)16)5-4-6-11-10/h4-6H,3,7H2,1-2H3,(H,13,14). The number of anilines is 1. The molecule has 1 aromatic heterocycles. The lowest BCUT2D eigenvalue weighted by molar-refractivity contribution is -0.135. The first-order valence-corrected chi connectivity index (χ1v) is 6.87. The van der Waals surface area contributed by atoms with Crippen LogP contribution < -0.4 is 4.90 Å². The third kappa shape index (κ3) is 3.42. The van der Waals surface area contributed by atoms with E-state index in [1.807, 2.05) is 0 Å². The van der Waals surface area contributed by atoms with E-state index in [1.165, 1.54) is 23.2 Å². The first-order valence-electron chi connectivity index (χ1n) is 4.98. The second-order valence-corrected chi connectivity index (χ2v) is 5.49. The van der Waals surface area contributed by atoms with E-state index >= 15 is 0 Å². The van der Waals surface area contributed by atoms with Gasteiger partial charge in [0, 0.05) is 19.0 Å². The van der Waals surface area contributed by atoms with Gasteiger partial charge in [0.2, 0.25) is 0 Å². The molecule has 17 heavy (non-hydrogen) atoms. The Hall–Kier alpha value is -1.63. The van der Waals surface area contributed by atoms with Crippen LogP contribution in [0.2, 0.25) is 0 Å². The van der Waals surface area contributed by atoms with Crippen LogP contribution in [0.15, 0.2) is 23.2 Å². The molecule has 7 heteroatoms.